The number of carbonyl (C=O) groups excluding carboxylic acids is 1. The van der Waals surface area contributed by atoms with E-state index in [0.717, 1.165) is 18.4 Å². The number of para-hydroxylation sites is 1. The van der Waals surface area contributed by atoms with Gasteiger partial charge in [0.1, 0.15) is 0 Å². The van der Waals surface area contributed by atoms with Crippen LogP contribution in [0.3, 0.4) is 0 Å². The Bertz CT molecular complexity index is 1040. The van der Waals surface area contributed by atoms with Crippen molar-refractivity contribution in [3.8, 4) is 22.8 Å². The fourth-order valence-electron chi connectivity index (χ4n) is 4.89. The predicted molar refractivity (Wildman–Crippen MR) is 120 cm³/mol. The highest BCUT2D eigenvalue weighted by molar-refractivity contribution is 5.93. The average molecular weight is 418 g/mol. The summed E-state index contributed by atoms with van der Waals surface area (Å²) in [6, 6.07) is 18.3. The van der Waals surface area contributed by atoms with Gasteiger partial charge in [0.05, 0.1) is 11.3 Å². The Morgan fingerprint density at radius 1 is 1.03 bits per heavy atom. The van der Waals surface area contributed by atoms with Crippen molar-refractivity contribution in [3.63, 3.8) is 0 Å². The summed E-state index contributed by atoms with van der Waals surface area (Å²) in [5.74, 6) is 0.899. The third-order valence-corrected chi connectivity index (χ3v) is 6.54. The van der Waals surface area contributed by atoms with Gasteiger partial charge in [0.25, 0.3) is 5.89 Å². The normalized spacial score (nSPS) is 23.3. The minimum Gasteiger partial charge on any atom is -0.335 e. The number of benzene rings is 2. The molecular weight excluding hydrogens is 390 g/mol. The molecule has 0 saturated carbocycles. The lowest BCUT2D eigenvalue weighted by Gasteiger charge is -2.47. The SMILES string of the molecule is CN1[C@@H]2CCC[C@H]1CC(NC(=O)Nc1ccccc1-c1nc(-c3ccccc3)no1)C2. The number of carbonyl (C=O) groups is 1. The summed E-state index contributed by atoms with van der Waals surface area (Å²) >= 11 is 0. The van der Waals surface area contributed by atoms with Crippen LogP contribution in [0.2, 0.25) is 0 Å². The lowest BCUT2D eigenvalue weighted by atomic mass is 9.82. The molecule has 160 valence electrons. The van der Waals surface area contributed by atoms with Gasteiger partial charge in [0.15, 0.2) is 0 Å². The lowest BCUT2D eigenvalue weighted by Crippen LogP contribution is -2.55. The first-order valence-electron chi connectivity index (χ1n) is 11.0. The van der Waals surface area contributed by atoms with Crippen LogP contribution in [-0.4, -0.2) is 46.2 Å². The van der Waals surface area contributed by atoms with Crippen LogP contribution in [-0.2, 0) is 0 Å². The standard InChI is InChI=1S/C24H27N5O2/c1-29-18-10-7-11-19(29)15-17(14-18)25-24(30)26-21-13-6-5-12-20(21)23-27-22(28-31-23)16-8-3-2-4-9-16/h2-6,8-9,12-13,17-19H,7,10-11,14-15H2,1H3,(H2,25,26,30)/t17?,18-,19+. The van der Waals surface area contributed by atoms with Crippen LogP contribution in [0, 0.1) is 0 Å². The van der Waals surface area contributed by atoms with Crippen LogP contribution in [0.4, 0.5) is 10.5 Å². The van der Waals surface area contributed by atoms with Crippen molar-refractivity contribution in [1.82, 2.24) is 20.4 Å². The second kappa shape index (κ2) is 8.51. The van der Waals surface area contributed by atoms with E-state index >= 15 is 0 Å². The minimum atomic E-state index is -0.192. The van der Waals surface area contributed by atoms with Gasteiger partial charge in [-0.3, -0.25) is 0 Å². The van der Waals surface area contributed by atoms with Gasteiger partial charge in [-0.05, 0) is 44.9 Å². The molecule has 7 nitrogen and oxygen atoms in total. The Hall–Kier alpha value is -3.19. The summed E-state index contributed by atoms with van der Waals surface area (Å²) in [4.78, 5) is 19.8. The Morgan fingerprint density at radius 2 is 1.74 bits per heavy atom. The summed E-state index contributed by atoms with van der Waals surface area (Å²) in [5.41, 5.74) is 2.23. The number of amides is 2. The zero-order valence-electron chi connectivity index (χ0n) is 17.6. The number of nitrogens with one attached hydrogen (secondary N) is 2. The van der Waals surface area contributed by atoms with Crippen LogP contribution < -0.4 is 10.6 Å². The molecule has 31 heavy (non-hydrogen) atoms. The van der Waals surface area contributed by atoms with Gasteiger partial charge in [-0.2, -0.15) is 4.98 Å². The van der Waals surface area contributed by atoms with E-state index in [-0.39, 0.29) is 12.1 Å². The van der Waals surface area contributed by atoms with E-state index in [9.17, 15) is 4.79 Å². The largest absolute Gasteiger partial charge is 0.335 e. The molecule has 1 aromatic heterocycles. The van der Waals surface area contributed by atoms with Gasteiger partial charge >= 0.3 is 6.03 Å². The summed E-state index contributed by atoms with van der Waals surface area (Å²) in [6.07, 6.45) is 5.74. The van der Waals surface area contributed by atoms with Gasteiger partial charge in [-0.15, -0.1) is 0 Å². The monoisotopic (exact) mass is 417 g/mol. The number of rotatable bonds is 4. The molecule has 2 aliphatic heterocycles. The van der Waals surface area contributed by atoms with Crippen LogP contribution in [0.15, 0.2) is 59.1 Å². The maximum absolute atomic E-state index is 12.8. The Morgan fingerprint density at radius 3 is 2.52 bits per heavy atom. The molecule has 0 aliphatic carbocycles. The number of fused-ring (bicyclic) bond motifs is 2. The van der Waals surface area contributed by atoms with E-state index < -0.39 is 0 Å². The molecular formula is C24H27N5O2. The van der Waals surface area contributed by atoms with E-state index in [1.807, 2.05) is 54.6 Å². The Kier molecular flexibility index (Phi) is 5.42. The molecule has 3 heterocycles. The van der Waals surface area contributed by atoms with Crippen molar-refractivity contribution in [2.75, 3.05) is 12.4 Å². The quantitative estimate of drug-likeness (QED) is 0.651. The summed E-state index contributed by atoms with van der Waals surface area (Å²) in [5, 5.41) is 10.3. The average Bonchev–Trinajstić information content (AvgIpc) is 3.26. The Balaban J connectivity index is 1.29. The molecule has 1 unspecified atom stereocenters. The van der Waals surface area contributed by atoms with Gasteiger partial charge in [-0.1, -0.05) is 54.0 Å². The van der Waals surface area contributed by atoms with Crippen LogP contribution >= 0.6 is 0 Å². The van der Waals surface area contributed by atoms with Crippen molar-refractivity contribution < 1.29 is 9.32 Å². The summed E-state index contributed by atoms with van der Waals surface area (Å²) in [7, 11) is 2.22. The number of hydrogen-bond acceptors (Lipinski definition) is 5. The third kappa shape index (κ3) is 4.18. The third-order valence-electron chi connectivity index (χ3n) is 6.54. The van der Waals surface area contributed by atoms with E-state index in [2.05, 4.69) is 32.7 Å². The van der Waals surface area contributed by atoms with E-state index in [0.29, 0.717) is 35.0 Å². The molecule has 2 N–H and O–H groups in total. The van der Waals surface area contributed by atoms with Gasteiger partial charge in [-0.25, -0.2) is 4.79 Å². The fraction of sp³-hybridized carbons (Fsp3) is 0.375. The van der Waals surface area contributed by atoms with Crippen molar-refractivity contribution >= 4 is 11.7 Å². The van der Waals surface area contributed by atoms with Gasteiger partial charge < -0.3 is 20.1 Å². The first-order valence-corrected chi connectivity index (χ1v) is 11.0. The molecule has 3 atom stereocenters. The molecule has 0 radical (unpaired) electrons. The van der Waals surface area contributed by atoms with Crippen LogP contribution in [0.25, 0.3) is 22.8 Å². The number of hydrogen-bond donors (Lipinski definition) is 2. The molecule has 2 saturated heterocycles. The smallest absolute Gasteiger partial charge is 0.319 e. The number of urea groups is 1. The highest BCUT2D eigenvalue weighted by Crippen LogP contribution is 2.33. The highest BCUT2D eigenvalue weighted by atomic mass is 16.5. The maximum Gasteiger partial charge on any atom is 0.319 e. The van der Waals surface area contributed by atoms with E-state index in [1.54, 1.807) is 0 Å². The molecule has 5 rings (SSSR count). The number of anilines is 1. The lowest BCUT2D eigenvalue weighted by molar-refractivity contribution is 0.0513. The summed E-state index contributed by atoms with van der Waals surface area (Å²) < 4.78 is 5.50. The first-order chi connectivity index (χ1) is 15.2. The molecule has 3 aromatic rings. The highest BCUT2D eigenvalue weighted by Gasteiger charge is 2.36. The van der Waals surface area contributed by atoms with Gasteiger partial charge in [0.2, 0.25) is 5.82 Å². The number of aromatic nitrogens is 2. The van der Waals surface area contributed by atoms with Crippen LogP contribution in [0.5, 0.6) is 0 Å². The minimum absolute atomic E-state index is 0.192. The Labute approximate surface area is 181 Å². The van der Waals surface area contributed by atoms with E-state index in [1.165, 1.54) is 19.3 Å². The number of piperidine rings is 2. The second-order valence-corrected chi connectivity index (χ2v) is 8.51. The fourth-order valence-corrected chi connectivity index (χ4v) is 4.89. The molecule has 2 amide bonds. The molecule has 0 spiro atoms. The predicted octanol–water partition coefficient (Wildman–Crippen LogP) is 4.54. The molecule has 2 bridgehead atoms. The zero-order chi connectivity index (χ0) is 21.2. The molecule has 2 aromatic carbocycles. The molecule has 2 aliphatic rings. The summed E-state index contributed by atoms with van der Waals surface area (Å²) in [6.45, 7) is 0. The number of nitrogens with zero attached hydrogens (tertiary/aromatic N) is 3. The maximum atomic E-state index is 12.8. The molecule has 2 fully saturated rings. The van der Waals surface area contributed by atoms with Crippen molar-refractivity contribution in [2.24, 2.45) is 0 Å². The van der Waals surface area contributed by atoms with E-state index in [4.69, 9.17) is 4.52 Å². The second-order valence-electron chi connectivity index (χ2n) is 8.51. The zero-order valence-corrected chi connectivity index (χ0v) is 17.6. The van der Waals surface area contributed by atoms with Crippen molar-refractivity contribution in [1.29, 1.82) is 0 Å². The van der Waals surface area contributed by atoms with Crippen molar-refractivity contribution in [2.45, 2.75) is 50.2 Å². The first kappa shape index (κ1) is 19.8. The van der Waals surface area contributed by atoms with Gasteiger partial charge in [0, 0.05) is 23.7 Å². The topological polar surface area (TPSA) is 83.3 Å². The molecule has 7 heteroatoms. The van der Waals surface area contributed by atoms with Crippen LogP contribution in [0.1, 0.15) is 32.1 Å². The van der Waals surface area contributed by atoms with Crippen molar-refractivity contribution in [3.05, 3.63) is 54.6 Å².